The van der Waals surface area contributed by atoms with Crippen LogP contribution in [0.5, 0.6) is 0 Å². The minimum atomic E-state index is -0.414. The van der Waals surface area contributed by atoms with Gasteiger partial charge in [0.1, 0.15) is 0 Å². The molecule has 2 rings (SSSR count). The van der Waals surface area contributed by atoms with Gasteiger partial charge in [-0.2, -0.15) is 0 Å². The predicted octanol–water partition coefficient (Wildman–Crippen LogP) is 4.04. The first-order valence-corrected chi connectivity index (χ1v) is 9.09. The smallest absolute Gasteiger partial charge is 0.254 e. The second-order valence-electron chi connectivity index (χ2n) is 5.78. The number of nitrogens with zero attached hydrogens (tertiary/aromatic N) is 1. The largest absolute Gasteiger partial charge is 0.293 e. The number of rotatable bonds is 6. The highest BCUT2D eigenvalue weighted by Crippen LogP contribution is 2.32. The van der Waals surface area contributed by atoms with Gasteiger partial charge in [-0.05, 0) is 12.5 Å². The maximum absolute atomic E-state index is 12.6. The summed E-state index contributed by atoms with van der Waals surface area (Å²) in [6.45, 7) is 3.15. The summed E-state index contributed by atoms with van der Waals surface area (Å²) in [5.41, 5.74) is 1.46. The molecule has 0 aliphatic carbocycles. The monoisotopic (exact) mass is 367 g/mol. The van der Waals surface area contributed by atoms with Gasteiger partial charge in [0.2, 0.25) is 5.91 Å². The molecule has 2 amide bonds. The molecule has 134 valence electrons. The molecule has 26 heavy (non-hydrogen) atoms. The minimum Gasteiger partial charge on any atom is -0.293 e. The first-order valence-electron chi connectivity index (χ1n) is 8.21. The highest BCUT2D eigenvalue weighted by atomic mass is 32.2. The zero-order chi connectivity index (χ0) is 19.1. The van der Waals surface area contributed by atoms with Gasteiger partial charge in [-0.1, -0.05) is 60.7 Å². The van der Waals surface area contributed by atoms with Crippen LogP contribution in [0.2, 0.25) is 0 Å². The van der Waals surface area contributed by atoms with E-state index < -0.39 is 5.91 Å². The number of thioether (sulfide) groups is 1. The number of benzene rings is 2. The summed E-state index contributed by atoms with van der Waals surface area (Å²) in [4.78, 5) is 38.1. The standard InChI is InChI=1S/C21H21NO3S/c1-15(21(25)18-12-8-5-9-13-18)26-19(17-10-6-4-7-11-17)14-20(24)22(3)16(2)23/h4-15H,1-3H3/b19-14-. The van der Waals surface area contributed by atoms with Crippen LogP contribution in [0.4, 0.5) is 0 Å². The van der Waals surface area contributed by atoms with Crippen LogP contribution in [0.25, 0.3) is 4.91 Å². The molecule has 0 radical (unpaired) electrons. The van der Waals surface area contributed by atoms with Crippen molar-refractivity contribution >= 4 is 34.3 Å². The molecule has 0 fully saturated rings. The average molecular weight is 367 g/mol. The van der Waals surface area contributed by atoms with Crippen molar-refractivity contribution in [3.05, 3.63) is 77.9 Å². The van der Waals surface area contributed by atoms with Crippen LogP contribution >= 0.6 is 11.8 Å². The lowest BCUT2D eigenvalue weighted by atomic mass is 10.1. The maximum Gasteiger partial charge on any atom is 0.254 e. The number of imide groups is 1. The van der Waals surface area contributed by atoms with E-state index in [1.54, 1.807) is 12.1 Å². The first kappa shape index (κ1) is 19.7. The summed E-state index contributed by atoms with van der Waals surface area (Å²) >= 11 is 1.31. The zero-order valence-corrected chi connectivity index (χ0v) is 15.8. The zero-order valence-electron chi connectivity index (χ0n) is 15.0. The van der Waals surface area contributed by atoms with E-state index in [-0.39, 0.29) is 16.9 Å². The number of amides is 2. The average Bonchev–Trinajstić information content (AvgIpc) is 2.67. The van der Waals surface area contributed by atoms with Crippen LogP contribution in [-0.2, 0) is 9.59 Å². The molecule has 0 heterocycles. The Morgan fingerprint density at radius 2 is 1.42 bits per heavy atom. The van der Waals surface area contributed by atoms with E-state index >= 15 is 0 Å². The molecule has 4 nitrogen and oxygen atoms in total. The Kier molecular flexibility index (Phi) is 6.92. The van der Waals surface area contributed by atoms with Crippen LogP contribution in [-0.4, -0.2) is 34.8 Å². The molecular formula is C21H21NO3S. The van der Waals surface area contributed by atoms with Gasteiger partial charge in [-0.3, -0.25) is 19.3 Å². The van der Waals surface area contributed by atoms with Crippen molar-refractivity contribution in [2.24, 2.45) is 0 Å². The Balaban J connectivity index is 2.29. The fourth-order valence-corrected chi connectivity index (χ4v) is 3.30. The van der Waals surface area contributed by atoms with Gasteiger partial charge in [0, 0.05) is 30.5 Å². The summed E-state index contributed by atoms with van der Waals surface area (Å²) in [5.74, 6) is -0.759. The molecule has 0 saturated heterocycles. The van der Waals surface area contributed by atoms with Crippen LogP contribution < -0.4 is 0 Å². The highest BCUT2D eigenvalue weighted by molar-refractivity contribution is 8.09. The van der Waals surface area contributed by atoms with Crippen molar-refractivity contribution in [2.45, 2.75) is 19.1 Å². The third kappa shape index (κ3) is 5.17. The van der Waals surface area contributed by atoms with Crippen LogP contribution in [0.15, 0.2) is 66.7 Å². The van der Waals surface area contributed by atoms with Crippen molar-refractivity contribution in [1.29, 1.82) is 0 Å². The summed E-state index contributed by atoms with van der Waals surface area (Å²) in [7, 11) is 1.44. The summed E-state index contributed by atoms with van der Waals surface area (Å²) in [6, 6.07) is 18.4. The van der Waals surface area contributed by atoms with Crippen molar-refractivity contribution in [1.82, 2.24) is 4.90 Å². The van der Waals surface area contributed by atoms with E-state index in [0.29, 0.717) is 10.5 Å². The molecule has 0 aromatic heterocycles. The molecule has 0 saturated carbocycles. The molecule has 1 atom stereocenters. The number of hydrogen-bond donors (Lipinski definition) is 0. The van der Waals surface area contributed by atoms with Crippen molar-refractivity contribution in [2.75, 3.05) is 7.05 Å². The van der Waals surface area contributed by atoms with Gasteiger partial charge >= 0.3 is 0 Å². The van der Waals surface area contributed by atoms with Crippen LogP contribution in [0.3, 0.4) is 0 Å². The van der Waals surface area contributed by atoms with Gasteiger partial charge in [0.15, 0.2) is 5.78 Å². The molecule has 0 bridgehead atoms. The molecule has 0 N–H and O–H groups in total. The maximum atomic E-state index is 12.6. The van der Waals surface area contributed by atoms with Crippen molar-refractivity contribution in [3.63, 3.8) is 0 Å². The van der Waals surface area contributed by atoms with Gasteiger partial charge in [-0.25, -0.2) is 0 Å². The number of hydrogen-bond acceptors (Lipinski definition) is 4. The number of Topliss-reactive ketones (excluding diaryl/α,β-unsaturated/α-hetero) is 1. The molecule has 0 aliphatic rings. The summed E-state index contributed by atoms with van der Waals surface area (Å²) in [5, 5.41) is -0.376. The van der Waals surface area contributed by atoms with Crippen molar-refractivity contribution in [3.8, 4) is 0 Å². The second kappa shape index (κ2) is 9.15. The minimum absolute atomic E-state index is 0.00944. The summed E-state index contributed by atoms with van der Waals surface area (Å²) < 4.78 is 0. The highest BCUT2D eigenvalue weighted by Gasteiger charge is 2.20. The van der Waals surface area contributed by atoms with Gasteiger partial charge in [-0.15, -0.1) is 11.8 Å². The Bertz CT molecular complexity index is 816. The lowest BCUT2D eigenvalue weighted by Crippen LogP contribution is -2.29. The van der Waals surface area contributed by atoms with Gasteiger partial charge in [0.25, 0.3) is 5.91 Å². The normalized spacial score (nSPS) is 12.3. The third-order valence-corrected chi connectivity index (χ3v) is 5.02. The molecule has 2 aromatic rings. The van der Waals surface area contributed by atoms with E-state index in [2.05, 4.69) is 0 Å². The van der Waals surface area contributed by atoms with Gasteiger partial charge < -0.3 is 0 Å². The van der Waals surface area contributed by atoms with E-state index in [4.69, 9.17) is 0 Å². The molecule has 5 heteroatoms. The Morgan fingerprint density at radius 3 is 1.92 bits per heavy atom. The summed E-state index contributed by atoms with van der Waals surface area (Å²) in [6.07, 6.45) is 1.41. The lowest BCUT2D eigenvalue weighted by Gasteiger charge is -2.15. The van der Waals surface area contributed by atoms with Crippen LogP contribution in [0, 0.1) is 0 Å². The van der Waals surface area contributed by atoms with E-state index in [0.717, 1.165) is 10.5 Å². The molecule has 0 aliphatic heterocycles. The van der Waals surface area contributed by atoms with E-state index in [1.165, 1.54) is 31.8 Å². The SMILES string of the molecule is CC(=O)N(C)C(=O)/C=C(\SC(C)C(=O)c1ccccc1)c1ccccc1. The topological polar surface area (TPSA) is 54.5 Å². The van der Waals surface area contributed by atoms with Gasteiger partial charge in [0.05, 0.1) is 5.25 Å². The van der Waals surface area contributed by atoms with E-state index in [9.17, 15) is 14.4 Å². The van der Waals surface area contributed by atoms with Crippen LogP contribution in [0.1, 0.15) is 29.8 Å². The fraction of sp³-hybridized carbons (Fsp3) is 0.190. The predicted molar refractivity (Wildman–Crippen MR) is 106 cm³/mol. The molecule has 2 aromatic carbocycles. The number of carbonyl (C=O) groups excluding carboxylic acids is 3. The third-order valence-electron chi connectivity index (χ3n) is 3.85. The number of ketones is 1. The quantitative estimate of drug-likeness (QED) is 0.571. The first-order chi connectivity index (χ1) is 12.4. The Morgan fingerprint density at radius 1 is 0.923 bits per heavy atom. The number of carbonyl (C=O) groups is 3. The Hall–Kier alpha value is -2.66. The Labute approximate surface area is 157 Å². The molecule has 0 spiro atoms. The van der Waals surface area contributed by atoms with Crippen molar-refractivity contribution < 1.29 is 14.4 Å². The number of likely N-dealkylation sites (N-methyl/N-ethyl adjacent to an activating group) is 1. The fourth-order valence-electron chi connectivity index (χ4n) is 2.23. The molecular weight excluding hydrogens is 346 g/mol. The second-order valence-corrected chi connectivity index (χ2v) is 7.16. The molecule has 1 unspecified atom stereocenters. The van der Waals surface area contributed by atoms with E-state index in [1.807, 2.05) is 55.5 Å². The lowest BCUT2D eigenvalue weighted by molar-refractivity contribution is -0.138.